The molecule has 0 bridgehead atoms. The Morgan fingerprint density at radius 2 is 2.06 bits per heavy atom. The molecular formula is C21H25FN6O3S. The molecule has 4 N–H and O–H groups in total. The average molecular weight is 461 g/mol. The third-order valence-corrected chi connectivity index (χ3v) is 5.84. The van der Waals surface area contributed by atoms with E-state index in [-0.39, 0.29) is 17.5 Å². The van der Waals surface area contributed by atoms with Gasteiger partial charge in [-0.25, -0.2) is 22.9 Å². The quantitative estimate of drug-likeness (QED) is 0.426. The van der Waals surface area contributed by atoms with E-state index >= 15 is 0 Å². The van der Waals surface area contributed by atoms with Gasteiger partial charge in [-0.15, -0.1) is 0 Å². The number of carbonyl (C=O) groups excluding carboxylic acids is 1. The van der Waals surface area contributed by atoms with E-state index in [4.69, 9.17) is 4.78 Å². The zero-order valence-corrected chi connectivity index (χ0v) is 18.7. The van der Waals surface area contributed by atoms with E-state index in [0.717, 1.165) is 0 Å². The van der Waals surface area contributed by atoms with Crippen LogP contribution in [0.2, 0.25) is 0 Å². The lowest BCUT2D eigenvalue weighted by Gasteiger charge is -2.19. The van der Waals surface area contributed by atoms with E-state index in [2.05, 4.69) is 20.1 Å². The first-order chi connectivity index (χ1) is 15.1. The molecular weight excluding hydrogens is 435 g/mol. The van der Waals surface area contributed by atoms with Gasteiger partial charge >= 0.3 is 6.03 Å². The van der Waals surface area contributed by atoms with E-state index in [1.54, 1.807) is 31.5 Å². The van der Waals surface area contributed by atoms with Crippen LogP contribution < -0.4 is 10.0 Å². The van der Waals surface area contributed by atoms with Gasteiger partial charge in [0.05, 0.1) is 18.3 Å². The van der Waals surface area contributed by atoms with Crippen molar-refractivity contribution in [3.8, 4) is 11.1 Å². The molecule has 170 valence electrons. The molecule has 2 amide bonds. The van der Waals surface area contributed by atoms with Gasteiger partial charge in [0.25, 0.3) is 0 Å². The molecule has 2 aromatic heterocycles. The number of urea groups is 1. The topological polar surface area (TPSA) is 133 Å². The highest BCUT2D eigenvalue weighted by Gasteiger charge is 2.21. The number of hydrogen-bond acceptors (Lipinski definition) is 6. The fraction of sp³-hybridized carbons (Fsp3) is 0.286. The minimum absolute atomic E-state index is 0.132. The fourth-order valence-corrected chi connectivity index (χ4v) is 4.05. The second kappa shape index (κ2) is 9.45. The Bertz CT molecular complexity index is 1210. The van der Waals surface area contributed by atoms with Gasteiger partial charge in [0.2, 0.25) is 0 Å². The molecule has 32 heavy (non-hydrogen) atoms. The van der Waals surface area contributed by atoms with Gasteiger partial charge in [-0.05, 0) is 42.7 Å². The Hall–Kier alpha value is -3.31. The predicted octanol–water partition coefficient (Wildman–Crippen LogP) is 3.73. The van der Waals surface area contributed by atoms with Crippen molar-refractivity contribution in [3.63, 3.8) is 0 Å². The number of hydrogen-bond donors (Lipinski definition) is 4. The lowest BCUT2D eigenvalue weighted by Crippen LogP contribution is -2.34. The molecule has 0 aliphatic carbocycles. The first-order valence-electron chi connectivity index (χ1n) is 9.89. The number of amides is 2. The maximum atomic E-state index is 14.3. The van der Waals surface area contributed by atoms with Crippen LogP contribution in [0.4, 0.5) is 14.9 Å². The molecule has 0 fully saturated rings. The number of aromatic nitrogens is 3. The van der Waals surface area contributed by atoms with Crippen molar-refractivity contribution in [2.24, 2.45) is 0 Å². The largest absolute Gasteiger partial charge is 0.391 e. The van der Waals surface area contributed by atoms with Crippen molar-refractivity contribution in [2.45, 2.75) is 44.4 Å². The molecule has 3 rings (SSSR count). The number of carbonyl (C=O) groups is 1. The molecule has 11 heteroatoms. The van der Waals surface area contributed by atoms with Crippen molar-refractivity contribution >= 4 is 21.6 Å². The van der Waals surface area contributed by atoms with Gasteiger partial charge in [0.1, 0.15) is 5.82 Å². The van der Waals surface area contributed by atoms with Crippen molar-refractivity contribution in [3.05, 3.63) is 60.3 Å². The number of halogens is 1. The number of benzene rings is 1. The highest BCUT2D eigenvalue weighted by molar-refractivity contribution is 7.91. The molecule has 3 aromatic rings. The minimum atomic E-state index is -3.78. The summed E-state index contributed by atoms with van der Waals surface area (Å²) < 4.78 is 38.7. The molecule has 2 atom stereocenters. The Labute approximate surface area is 185 Å². The summed E-state index contributed by atoms with van der Waals surface area (Å²) in [6.07, 6.45) is 3.91. The molecule has 0 spiro atoms. The number of nitrogens with one attached hydrogen (secondary N) is 3. The van der Waals surface area contributed by atoms with E-state index in [0.29, 0.717) is 22.4 Å². The molecule has 2 heterocycles. The number of pyridine rings is 1. The third-order valence-electron chi connectivity index (χ3n) is 4.57. The van der Waals surface area contributed by atoms with Crippen LogP contribution in [-0.4, -0.2) is 36.2 Å². The van der Waals surface area contributed by atoms with Crippen LogP contribution in [0, 0.1) is 10.6 Å². The van der Waals surface area contributed by atoms with Crippen molar-refractivity contribution in [1.82, 2.24) is 19.5 Å². The molecule has 0 aliphatic rings. The van der Waals surface area contributed by atoms with Crippen LogP contribution in [0.15, 0.2) is 53.9 Å². The highest BCUT2D eigenvalue weighted by Crippen LogP contribution is 2.35. The van der Waals surface area contributed by atoms with Crippen molar-refractivity contribution in [2.75, 3.05) is 5.32 Å². The van der Waals surface area contributed by atoms with E-state index in [1.807, 2.05) is 13.8 Å². The van der Waals surface area contributed by atoms with Gasteiger partial charge in [-0.1, -0.05) is 19.9 Å². The summed E-state index contributed by atoms with van der Waals surface area (Å²) in [6, 6.07) is 6.49. The predicted molar refractivity (Wildman–Crippen MR) is 119 cm³/mol. The highest BCUT2D eigenvalue weighted by atomic mass is 32.2. The maximum Gasteiger partial charge on any atom is 0.332 e. The number of anilines is 1. The Balaban J connectivity index is 1.91. The number of nitrogens with zero attached hydrogens (tertiary/aromatic N) is 3. The van der Waals surface area contributed by atoms with Gasteiger partial charge in [-0.2, -0.15) is 5.10 Å². The maximum absolute atomic E-state index is 14.3. The number of aliphatic hydroxyl groups excluding tert-OH is 1. The lowest BCUT2D eigenvalue weighted by molar-refractivity contribution is 0.168. The molecule has 0 saturated carbocycles. The number of rotatable bonds is 7. The van der Waals surface area contributed by atoms with Crippen LogP contribution in [0.1, 0.15) is 32.3 Å². The zero-order chi connectivity index (χ0) is 23.5. The smallest absolute Gasteiger partial charge is 0.332 e. The Morgan fingerprint density at radius 3 is 2.69 bits per heavy atom. The molecule has 1 unspecified atom stereocenters. The molecule has 1 aromatic carbocycles. The minimum Gasteiger partial charge on any atom is -0.391 e. The monoisotopic (exact) mass is 460 g/mol. The second-order valence-corrected chi connectivity index (χ2v) is 9.39. The van der Waals surface area contributed by atoms with Gasteiger partial charge in [0.15, 0.2) is 14.9 Å². The lowest BCUT2D eigenvalue weighted by atomic mass is 9.94. The van der Waals surface area contributed by atoms with Crippen molar-refractivity contribution < 1.29 is 18.5 Å². The SMILES string of the molecule is CC(C)c1cc(F)cc(-c2cccnc2)c1NC(=O)NS(=N)(=O)c1ccn(C[C@H](C)O)n1. The molecule has 9 nitrogen and oxygen atoms in total. The van der Waals surface area contributed by atoms with Crippen LogP contribution in [-0.2, 0) is 16.5 Å². The Morgan fingerprint density at radius 1 is 1.31 bits per heavy atom. The molecule has 0 aliphatic heterocycles. The van der Waals surface area contributed by atoms with Crippen LogP contribution in [0.5, 0.6) is 0 Å². The summed E-state index contributed by atoms with van der Waals surface area (Å²) in [5.74, 6) is -0.598. The normalized spacial score (nSPS) is 14.1. The van der Waals surface area contributed by atoms with E-state index < -0.39 is 27.9 Å². The second-order valence-electron chi connectivity index (χ2n) is 7.65. The average Bonchev–Trinajstić information content (AvgIpc) is 3.18. The molecule has 0 saturated heterocycles. The van der Waals surface area contributed by atoms with Crippen molar-refractivity contribution in [1.29, 1.82) is 4.78 Å². The standard InChI is InChI=1S/C21H25FN6O3S/c1-13(2)17-9-16(22)10-18(15-5-4-7-24-11-15)20(17)25-21(30)27-32(23,31)19-6-8-28(26-19)12-14(3)29/h4-11,13-14,29H,12H2,1-3H3,(H3,23,25,27,30,31)/t14-,32?/m0/s1. The summed E-state index contributed by atoms with van der Waals surface area (Å²) in [5, 5.41) is 15.9. The summed E-state index contributed by atoms with van der Waals surface area (Å²) in [7, 11) is -3.78. The summed E-state index contributed by atoms with van der Waals surface area (Å²) in [6.45, 7) is 5.43. The zero-order valence-electron chi connectivity index (χ0n) is 17.9. The Kier molecular flexibility index (Phi) is 6.90. The van der Waals surface area contributed by atoms with Gasteiger partial charge in [0, 0.05) is 29.7 Å². The van der Waals surface area contributed by atoms with E-state index in [9.17, 15) is 18.5 Å². The fourth-order valence-electron chi connectivity index (χ4n) is 3.16. The van der Waals surface area contributed by atoms with E-state index in [1.165, 1.54) is 29.1 Å². The van der Waals surface area contributed by atoms with Crippen LogP contribution in [0.3, 0.4) is 0 Å². The summed E-state index contributed by atoms with van der Waals surface area (Å²) in [4.78, 5) is 16.8. The summed E-state index contributed by atoms with van der Waals surface area (Å²) in [5.41, 5.74) is 1.88. The molecule has 0 radical (unpaired) electrons. The first-order valence-corrected chi connectivity index (χ1v) is 11.5. The first kappa shape index (κ1) is 23.4. The van der Waals surface area contributed by atoms with Crippen LogP contribution in [0.25, 0.3) is 11.1 Å². The van der Waals surface area contributed by atoms with Gasteiger partial charge < -0.3 is 10.4 Å². The van der Waals surface area contributed by atoms with Crippen LogP contribution >= 0.6 is 0 Å². The number of aliphatic hydroxyl groups is 1. The third kappa shape index (κ3) is 5.48. The summed E-state index contributed by atoms with van der Waals surface area (Å²) >= 11 is 0. The van der Waals surface area contributed by atoms with Gasteiger partial charge in [-0.3, -0.25) is 9.67 Å².